The Morgan fingerprint density at radius 1 is 1.35 bits per heavy atom. The lowest BCUT2D eigenvalue weighted by Crippen LogP contribution is -2.52. The van der Waals surface area contributed by atoms with E-state index in [2.05, 4.69) is 5.32 Å². The summed E-state index contributed by atoms with van der Waals surface area (Å²) in [7, 11) is -2.30. The van der Waals surface area contributed by atoms with E-state index in [1.165, 1.54) is 23.5 Å². The van der Waals surface area contributed by atoms with Crippen LogP contribution in [0.4, 0.5) is 4.39 Å². The number of rotatable bonds is 6. The van der Waals surface area contributed by atoms with Crippen molar-refractivity contribution in [2.24, 2.45) is 0 Å². The van der Waals surface area contributed by atoms with Gasteiger partial charge in [0.2, 0.25) is 15.9 Å². The van der Waals surface area contributed by atoms with Crippen LogP contribution in [0.5, 0.6) is 0 Å². The standard InChI is InChI=1S/C15H21FN2O4S/c1-22-11-9-17-15(19)14-4-2-3-10-18(14)23(20,21)13-7-5-12(16)6-8-13/h5-8,14H,2-4,9-11H2,1H3,(H,17,19). The Morgan fingerprint density at radius 3 is 2.70 bits per heavy atom. The van der Waals surface area contributed by atoms with E-state index in [4.69, 9.17) is 4.74 Å². The molecule has 1 N–H and O–H groups in total. The highest BCUT2D eigenvalue weighted by Gasteiger charge is 2.37. The van der Waals surface area contributed by atoms with Crippen molar-refractivity contribution in [2.75, 3.05) is 26.8 Å². The van der Waals surface area contributed by atoms with Gasteiger partial charge in [0.05, 0.1) is 11.5 Å². The highest BCUT2D eigenvalue weighted by molar-refractivity contribution is 7.89. The van der Waals surface area contributed by atoms with Gasteiger partial charge >= 0.3 is 0 Å². The van der Waals surface area contributed by atoms with E-state index in [-0.39, 0.29) is 17.3 Å². The number of nitrogens with one attached hydrogen (secondary N) is 1. The van der Waals surface area contributed by atoms with Crippen LogP contribution < -0.4 is 5.32 Å². The molecular weight excluding hydrogens is 323 g/mol. The number of halogens is 1. The zero-order valence-corrected chi connectivity index (χ0v) is 13.8. The molecule has 1 fully saturated rings. The lowest BCUT2D eigenvalue weighted by molar-refractivity contribution is -0.125. The van der Waals surface area contributed by atoms with E-state index in [0.29, 0.717) is 26.0 Å². The highest BCUT2D eigenvalue weighted by atomic mass is 32.2. The van der Waals surface area contributed by atoms with Gasteiger partial charge in [0.15, 0.2) is 0 Å². The van der Waals surface area contributed by atoms with Crippen molar-refractivity contribution >= 4 is 15.9 Å². The van der Waals surface area contributed by atoms with Gasteiger partial charge in [0, 0.05) is 20.2 Å². The van der Waals surface area contributed by atoms with Crippen molar-refractivity contribution in [3.63, 3.8) is 0 Å². The molecule has 23 heavy (non-hydrogen) atoms. The Balaban J connectivity index is 2.19. The quantitative estimate of drug-likeness (QED) is 0.785. The van der Waals surface area contributed by atoms with Crippen molar-refractivity contribution in [1.29, 1.82) is 0 Å². The van der Waals surface area contributed by atoms with Gasteiger partial charge in [-0.1, -0.05) is 6.42 Å². The Labute approximate surface area is 135 Å². The second-order valence-electron chi connectivity index (χ2n) is 5.37. The molecule has 8 heteroatoms. The van der Waals surface area contributed by atoms with Crippen molar-refractivity contribution in [3.05, 3.63) is 30.1 Å². The molecule has 1 aromatic rings. The Morgan fingerprint density at radius 2 is 2.04 bits per heavy atom. The minimum atomic E-state index is -3.83. The average molecular weight is 344 g/mol. The summed E-state index contributed by atoms with van der Waals surface area (Å²) in [6.07, 6.45) is 1.96. The molecule has 0 aromatic heterocycles. The van der Waals surface area contributed by atoms with Gasteiger partial charge in [-0.15, -0.1) is 0 Å². The molecular formula is C15H21FN2O4S. The zero-order chi connectivity index (χ0) is 16.9. The first-order valence-corrected chi connectivity index (χ1v) is 8.95. The predicted octanol–water partition coefficient (Wildman–Crippen LogP) is 1.13. The summed E-state index contributed by atoms with van der Waals surface area (Å²) in [5.41, 5.74) is 0. The summed E-state index contributed by atoms with van der Waals surface area (Å²) in [6.45, 7) is 0.974. The van der Waals surface area contributed by atoms with Crippen LogP contribution in [0, 0.1) is 5.82 Å². The minimum absolute atomic E-state index is 0.00417. The molecule has 6 nitrogen and oxygen atoms in total. The number of methoxy groups -OCH3 is 1. The molecule has 0 aliphatic carbocycles. The summed E-state index contributed by atoms with van der Waals surface area (Å²) < 4.78 is 44.6. The van der Waals surface area contributed by atoms with E-state index in [1.807, 2.05) is 0 Å². The van der Waals surface area contributed by atoms with Crippen molar-refractivity contribution < 1.29 is 22.3 Å². The number of piperidine rings is 1. The van der Waals surface area contributed by atoms with Crippen molar-refractivity contribution in [1.82, 2.24) is 9.62 Å². The number of nitrogens with zero attached hydrogens (tertiary/aromatic N) is 1. The lowest BCUT2D eigenvalue weighted by Gasteiger charge is -2.33. The van der Waals surface area contributed by atoms with E-state index in [1.54, 1.807) is 0 Å². The predicted molar refractivity (Wildman–Crippen MR) is 82.8 cm³/mol. The number of carbonyl (C=O) groups is 1. The first-order chi connectivity index (χ1) is 11.0. The number of benzene rings is 1. The van der Waals surface area contributed by atoms with Crippen molar-refractivity contribution in [3.8, 4) is 0 Å². The lowest BCUT2D eigenvalue weighted by atomic mass is 10.0. The molecule has 1 aromatic carbocycles. The number of carbonyl (C=O) groups excluding carboxylic acids is 1. The minimum Gasteiger partial charge on any atom is -0.383 e. The molecule has 2 rings (SSSR count). The smallest absolute Gasteiger partial charge is 0.243 e. The van der Waals surface area contributed by atoms with Crippen LogP contribution >= 0.6 is 0 Å². The summed E-state index contributed by atoms with van der Waals surface area (Å²) in [4.78, 5) is 12.3. The summed E-state index contributed by atoms with van der Waals surface area (Å²) in [5, 5.41) is 2.69. The molecule has 128 valence electrons. The van der Waals surface area contributed by atoms with Crippen LogP contribution in [-0.4, -0.2) is 51.5 Å². The molecule has 0 radical (unpaired) electrons. The summed E-state index contributed by atoms with van der Waals surface area (Å²) in [6, 6.07) is 3.91. The molecule has 1 aliphatic heterocycles. The number of amides is 1. The molecule has 0 spiro atoms. The van der Waals surface area contributed by atoms with Gasteiger partial charge in [-0.05, 0) is 37.1 Å². The first-order valence-electron chi connectivity index (χ1n) is 7.51. The Kier molecular flexibility index (Phi) is 6.09. The average Bonchev–Trinajstić information content (AvgIpc) is 2.55. The van der Waals surface area contributed by atoms with Crippen molar-refractivity contribution in [2.45, 2.75) is 30.2 Å². The van der Waals surface area contributed by atoms with E-state index >= 15 is 0 Å². The van der Waals surface area contributed by atoms with Gasteiger partial charge in [0.25, 0.3) is 0 Å². The number of sulfonamides is 1. The number of ether oxygens (including phenoxy) is 1. The van der Waals surface area contributed by atoms with Gasteiger partial charge in [-0.3, -0.25) is 4.79 Å². The number of hydrogen-bond donors (Lipinski definition) is 1. The SMILES string of the molecule is COCCNC(=O)C1CCCCN1S(=O)(=O)c1ccc(F)cc1. The third kappa shape index (κ3) is 4.27. The molecule has 0 saturated carbocycles. The molecule has 1 unspecified atom stereocenters. The molecule has 1 heterocycles. The van der Waals surface area contributed by atoms with E-state index in [0.717, 1.165) is 18.6 Å². The maximum Gasteiger partial charge on any atom is 0.243 e. The van der Waals surface area contributed by atoms with E-state index < -0.39 is 21.9 Å². The second-order valence-corrected chi connectivity index (χ2v) is 7.26. The maximum absolute atomic E-state index is 13.0. The van der Waals surface area contributed by atoms with Crippen LogP contribution in [0.3, 0.4) is 0 Å². The third-order valence-corrected chi connectivity index (χ3v) is 5.70. The first kappa shape index (κ1) is 17.8. The van der Waals surface area contributed by atoms with Crippen LogP contribution in [0.25, 0.3) is 0 Å². The monoisotopic (exact) mass is 344 g/mol. The van der Waals surface area contributed by atoms with Gasteiger partial charge in [-0.2, -0.15) is 4.31 Å². The summed E-state index contributed by atoms with van der Waals surface area (Å²) in [5.74, 6) is -0.830. The molecule has 1 saturated heterocycles. The summed E-state index contributed by atoms with van der Waals surface area (Å²) >= 11 is 0. The topological polar surface area (TPSA) is 75.7 Å². The van der Waals surface area contributed by atoms with Crippen LogP contribution in [0.2, 0.25) is 0 Å². The van der Waals surface area contributed by atoms with Gasteiger partial charge in [0.1, 0.15) is 11.9 Å². The third-order valence-electron chi connectivity index (χ3n) is 3.78. The molecule has 1 aliphatic rings. The van der Waals surface area contributed by atoms with Crippen LogP contribution in [0.15, 0.2) is 29.2 Å². The zero-order valence-electron chi connectivity index (χ0n) is 13.0. The molecule has 1 atom stereocenters. The normalized spacial score (nSPS) is 19.5. The van der Waals surface area contributed by atoms with E-state index in [9.17, 15) is 17.6 Å². The fourth-order valence-electron chi connectivity index (χ4n) is 2.59. The maximum atomic E-state index is 13.0. The Hall–Kier alpha value is -1.51. The van der Waals surface area contributed by atoms with Gasteiger partial charge < -0.3 is 10.1 Å². The fourth-order valence-corrected chi connectivity index (χ4v) is 4.25. The molecule has 1 amide bonds. The fraction of sp³-hybridized carbons (Fsp3) is 0.533. The van der Waals surface area contributed by atoms with Gasteiger partial charge in [-0.25, -0.2) is 12.8 Å². The number of hydrogen-bond acceptors (Lipinski definition) is 4. The molecule has 0 bridgehead atoms. The largest absolute Gasteiger partial charge is 0.383 e. The highest BCUT2D eigenvalue weighted by Crippen LogP contribution is 2.25. The second kappa shape index (κ2) is 7.85. The Bertz CT molecular complexity index is 633. The van der Waals surface area contributed by atoms with Crippen LogP contribution in [-0.2, 0) is 19.6 Å². The van der Waals surface area contributed by atoms with Crippen LogP contribution in [0.1, 0.15) is 19.3 Å².